The summed E-state index contributed by atoms with van der Waals surface area (Å²) < 4.78 is 6.67. The second-order valence-corrected chi connectivity index (χ2v) is 6.82. The Labute approximate surface area is 153 Å². The van der Waals surface area contributed by atoms with Crippen molar-refractivity contribution >= 4 is 17.3 Å². The van der Waals surface area contributed by atoms with E-state index in [1.54, 1.807) is 17.7 Å². The van der Waals surface area contributed by atoms with Gasteiger partial charge in [-0.05, 0) is 37.3 Å². The van der Waals surface area contributed by atoms with Crippen molar-refractivity contribution in [2.75, 3.05) is 33.4 Å². The highest BCUT2D eigenvalue weighted by Gasteiger charge is 2.27. The monoisotopic (exact) mass is 358 g/mol. The number of nitrogens with zero attached hydrogens (tertiary/aromatic N) is 3. The van der Waals surface area contributed by atoms with Crippen LogP contribution in [0.25, 0.3) is 5.52 Å². The molecule has 2 aromatic heterocycles. The van der Waals surface area contributed by atoms with Gasteiger partial charge in [0.15, 0.2) is 5.69 Å². The average molecular weight is 358 g/mol. The van der Waals surface area contributed by atoms with E-state index in [-0.39, 0.29) is 17.6 Å². The molecule has 26 heavy (non-hydrogen) atoms. The second kappa shape index (κ2) is 8.31. The summed E-state index contributed by atoms with van der Waals surface area (Å²) in [5, 5.41) is 2.84. The van der Waals surface area contributed by atoms with E-state index in [1.807, 2.05) is 23.1 Å². The molecular formula is C19H26N4O3. The number of rotatable bonds is 6. The Hall–Kier alpha value is -2.41. The van der Waals surface area contributed by atoms with Crippen LogP contribution in [0.2, 0.25) is 0 Å². The van der Waals surface area contributed by atoms with E-state index in [9.17, 15) is 9.59 Å². The van der Waals surface area contributed by atoms with Crippen molar-refractivity contribution in [3.8, 4) is 0 Å². The number of fused-ring (bicyclic) bond motifs is 1. The number of hydrogen-bond acceptors (Lipinski definition) is 4. The summed E-state index contributed by atoms with van der Waals surface area (Å²) in [7, 11) is 1.63. The molecule has 2 amide bonds. The van der Waals surface area contributed by atoms with Crippen molar-refractivity contribution in [3.05, 3.63) is 35.9 Å². The summed E-state index contributed by atoms with van der Waals surface area (Å²) in [6, 6.07) is 5.51. The smallest absolute Gasteiger partial charge is 0.287 e. The molecule has 140 valence electrons. The Balaban J connectivity index is 1.83. The van der Waals surface area contributed by atoms with Crippen LogP contribution in [0.3, 0.4) is 0 Å². The van der Waals surface area contributed by atoms with Gasteiger partial charge in [0.2, 0.25) is 5.82 Å². The molecule has 0 bridgehead atoms. The Morgan fingerprint density at radius 3 is 2.81 bits per heavy atom. The first kappa shape index (κ1) is 18.4. The van der Waals surface area contributed by atoms with Gasteiger partial charge >= 0.3 is 0 Å². The van der Waals surface area contributed by atoms with Crippen molar-refractivity contribution in [3.63, 3.8) is 0 Å². The van der Waals surface area contributed by atoms with Crippen LogP contribution in [0.15, 0.2) is 24.4 Å². The van der Waals surface area contributed by atoms with E-state index in [2.05, 4.69) is 17.2 Å². The highest BCUT2D eigenvalue weighted by molar-refractivity contribution is 6.02. The summed E-state index contributed by atoms with van der Waals surface area (Å²) in [6.07, 6.45) is 4.50. The van der Waals surface area contributed by atoms with Gasteiger partial charge in [-0.3, -0.25) is 14.0 Å². The highest BCUT2D eigenvalue weighted by Crippen LogP contribution is 2.20. The SMILES string of the molecule is COCCCNC(=O)c1nc(C(=O)N2CCC(C)CC2)c2ccccn12. The van der Waals surface area contributed by atoms with Gasteiger partial charge in [-0.15, -0.1) is 0 Å². The number of likely N-dealkylation sites (tertiary alicyclic amines) is 1. The normalized spacial score (nSPS) is 15.4. The third kappa shape index (κ3) is 3.88. The highest BCUT2D eigenvalue weighted by atomic mass is 16.5. The number of imidazole rings is 1. The Morgan fingerprint density at radius 1 is 1.31 bits per heavy atom. The maximum Gasteiger partial charge on any atom is 0.287 e. The van der Waals surface area contributed by atoms with Gasteiger partial charge in [-0.2, -0.15) is 0 Å². The third-order valence-corrected chi connectivity index (χ3v) is 4.84. The van der Waals surface area contributed by atoms with Crippen molar-refractivity contribution in [2.45, 2.75) is 26.2 Å². The number of carbonyl (C=O) groups excluding carboxylic acids is 2. The van der Waals surface area contributed by atoms with Gasteiger partial charge in [0, 0.05) is 39.5 Å². The van der Waals surface area contributed by atoms with Crippen LogP contribution >= 0.6 is 0 Å². The van der Waals surface area contributed by atoms with Crippen LogP contribution in [-0.4, -0.2) is 59.4 Å². The van der Waals surface area contributed by atoms with E-state index in [1.165, 1.54) is 0 Å². The van der Waals surface area contributed by atoms with Crippen molar-refractivity contribution in [1.29, 1.82) is 0 Å². The molecule has 1 aliphatic rings. The summed E-state index contributed by atoms with van der Waals surface area (Å²) in [5.41, 5.74) is 1.01. The second-order valence-electron chi connectivity index (χ2n) is 6.82. The maximum atomic E-state index is 13.0. The van der Waals surface area contributed by atoms with Crippen LogP contribution in [-0.2, 0) is 4.74 Å². The molecule has 7 heteroatoms. The molecule has 0 unspecified atom stereocenters. The molecule has 0 radical (unpaired) electrons. The molecule has 1 N–H and O–H groups in total. The molecule has 1 fully saturated rings. The standard InChI is InChI=1S/C19H26N4O3/c1-14-7-11-22(12-8-14)19(25)16-15-6-3-4-10-23(15)17(21-16)18(24)20-9-5-13-26-2/h3-4,6,10,14H,5,7-9,11-13H2,1-2H3,(H,20,24). The lowest BCUT2D eigenvalue weighted by Crippen LogP contribution is -2.38. The number of aromatic nitrogens is 2. The zero-order valence-corrected chi connectivity index (χ0v) is 15.4. The van der Waals surface area contributed by atoms with Gasteiger partial charge in [0.25, 0.3) is 11.8 Å². The number of nitrogens with one attached hydrogen (secondary N) is 1. The fourth-order valence-electron chi connectivity index (χ4n) is 3.21. The average Bonchev–Trinajstić information content (AvgIpc) is 3.05. The van der Waals surface area contributed by atoms with Gasteiger partial charge in [-0.25, -0.2) is 4.98 Å². The Kier molecular flexibility index (Phi) is 5.88. The molecule has 0 aromatic carbocycles. The van der Waals surface area contributed by atoms with Crippen LogP contribution in [0, 0.1) is 5.92 Å². The van der Waals surface area contributed by atoms with Crippen LogP contribution in [0.1, 0.15) is 47.3 Å². The molecule has 0 saturated carbocycles. The van der Waals surface area contributed by atoms with E-state index < -0.39 is 0 Å². The third-order valence-electron chi connectivity index (χ3n) is 4.84. The molecule has 0 spiro atoms. The molecule has 2 aromatic rings. The molecule has 7 nitrogen and oxygen atoms in total. The van der Waals surface area contributed by atoms with E-state index in [4.69, 9.17) is 4.74 Å². The molecule has 1 saturated heterocycles. The van der Waals surface area contributed by atoms with E-state index in [0.717, 1.165) is 32.4 Å². The van der Waals surface area contributed by atoms with Gasteiger partial charge in [0.1, 0.15) is 0 Å². The van der Waals surface area contributed by atoms with Crippen LogP contribution in [0.4, 0.5) is 0 Å². The number of methoxy groups -OCH3 is 1. The fraction of sp³-hybridized carbons (Fsp3) is 0.526. The summed E-state index contributed by atoms with van der Waals surface area (Å²) in [5.74, 6) is 0.505. The number of ether oxygens (including phenoxy) is 1. The minimum atomic E-state index is -0.284. The van der Waals surface area contributed by atoms with Crippen LogP contribution < -0.4 is 5.32 Å². The van der Waals surface area contributed by atoms with Gasteiger partial charge in [-0.1, -0.05) is 13.0 Å². The number of pyridine rings is 1. The number of carbonyl (C=O) groups is 2. The quantitative estimate of drug-likeness (QED) is 0.801. The fourth-order valence-corrected chi connectivity index (χ4v) is 3.21. The lowest BCUT2D eigenvalue weighted by Gasteiger charge is -2.29. The first-order valence-electron chi connectivity index (χ1n) is 9.15. The predicted molar refractivity (Wildman–Crippen MR) is 98.3 cm³/mol. The topological polar surface area (TPSA) is 75.9 Å². The molecule has 3 rings (SSSR count). The lowest BCUT2D eigenvalue weighted by atomic mass is 9.99. The van der Waals surface area contributed by atoms with Crippen molar-refractivity contribution in [1.82, 2.24) is 19.6 Å². The first-order chi connectivity index (χ1) is 12.6. The zero-order chi connectivity index (χ0) is 18.5. The Morgan fingerprint density at radius 2 is 2.08 bits per heavy atom. The molecule has 1 aliphatic heterocycles. The van der Waals surface area contributed by atoms with E-state index in [0.29, 0.717) is 30.3 Å². The minimum absolute atomic E-state index is 0.0981. The summed E-state index contributed by atoms with van der Waals surface area (Å²) >= 11 is 0. The molecule has 0 aliphatic carbocycles. The largest absolute Gasteiger partial charge is 0.385 e. The van der Waals surface area contributed by atoms with Crippen molar-refractivity contribution in [2.24, 2.45) is 5.92 Å². The zero-order valence-electron chi connectivity index (χ0n) is 15.4. The van der Waals surface area contributed by atoms with E-state index >= 15 is 0 Å². The molecular weight excluding hydrogens is 332 g/mol. The summed E-state index contributed by atoms with van der Waals surface area (Å²) in [4.78, 5) is 31.7. The van der Waals surface area contributed by atoms with Crippen LogP contribution in [0.5, 0.6) is 0 Å². The molecule has 3 heterocycles. The predicted octanol–water partition coefficient (Wildman–Crippen LogP) is 1.97. The van der Waals surface area contributed by atoms with Gasteiger partial charge < -0.3 is 15.0 Å². The first-order valence-corrected chi connectivity index (χ1v) is 9.15. The number of piperidine rings is 1. The lowest BCUT2D eigenvalue weighted by molar-refractivity contribution is 0.0694. The van der Waals surface area contributed by atoms with Crippen molar-refractivity contribution < 1.29 is 14.3 Å². The maximum absolute atomic E-state index is 13.0. The van der Waals surface area contributed by atoms with Gasteiger partial charge in [0.05, 0.1) is 5.52 Å². The Bertz CT molecular complexity index is 778. The minimum Gasteiger partial charge on any atom is -0.385 e. The summed E-state index contributed by atoms with van der Waals surface area (Å²) in [6.45, 7) is 4.77. The molecule has 0 atom stereocenters. The number of hydrogen-bond donors (Lipinski definition) is 1. The number of amides is 2.